The molecule has 0 fully saturated rings. The molecule has 0 heterocycles. The van der Waals surface area contributed by atoms with Crippen LogP contribution in [0.4, 0.5) is 0 Å². The summed E-state index contributed by atoms with van der Waals surface area (Å²) in [4.78, 5) is 0. The summed E-state index contributed by atoms with van der Waals surface area (Å²) in [7, 11) is 0. The highest BCUT2D eigenvalue weighted by Crippen LogP contribution is 2.42. The van der Waals surface area contributed by atoms with Crippen molar-refractivity contribution in [2.24, 2.45) is 0 Å². The van der Waals surface area contributed by atoms with Gasteiger partial charge in [-0.25, -0.2) is 0 Å². The molecule has 0 saturated heterocycles. The Kier molecular flexibility index (Phi) is 3.27. The molecule has 2 aromatic rings. The number of phenols is 2. The van der Waals surface area contributed by atoms with Gasteiger partial charge < -0.3 is 10.2 Å². The average molecular weight is 300 g/mol. The standard InChI is InChI=1S/C17H14ClNO2/c18-15-7-11(1-4-16(15)21)9-17(10-19)6-5-12-8-13(20)2-3-14(12)17/h1-4,7-8,20-21H,5-6,9H2. The quantitative estimate of drug-likeness (QED) is 0.888. The maximum absolute atomic E-state index is 9.72. The van der Waals surface area contributed by atoms with Crippen LogP contribution in [-0.2, 0) is 18.3 Å². The zero-order valence-corrected chi connectivity index (χ0v) is 12.1. The Labute approximate surface area is 128 Å². The smallest absolute Gasteiger partial charge is 0.134 e. The predicted molar refractivity (Wildman–Crippen MR) is 80.5 cm³/mol. The molecule has 0 radical (unpaired) electrons. The molecule has 0 saturated carbocycles. The lowest BCUT2D eigenvalue weighted by molar-refractivity contribution is 0.473. The molecule has 3 nitrogen and oxygen atoms in total. The van der Waals surface area contributed by atoms with Crippen LogP contribution in [0, 0.1) is 11.3 Å². The first kappa shape index (κ1) is 13.8. The number of halogens is 1. The minimum atomic E-state index is -0.594. The molecule has 1 aliphatic rings. The molecular formula is C17H14ClNO2. The number of hydrogen-bond acceptors (Lipinski definition) is 3. The van der Waals surface area contributed by atoms with E-state index in [1.807, 2.05) is 6.07 Å². The molecule has 106 valence electrons. The highest BCUT2D eigenvalue weighted by molar-refractivity contribution is 6.32. The van der Waals surface area contributed by atoms with Crippen LogP contribution >= 0.6 is 11.6 Å². The third-order valence-electron chi connectivity index (χ3n) is 4.16. The predicted octanol–water partition coefficient (Wildman–Crippen LogP) is 3.70. The number of aryl methyl sites for hydroxylation is 1. The van der Waals surface area contributed by atoms with Crippen LogP contribution in [0.25, 0.3) is 0 Å². The summed E-state index contributed by atoms with van der Waals surface area (Å²) >= 11 is 5.94. The second-order valence-corrected chi connectivity index (χ2v) is 5.91. The molecule has 0 aliphatic heterocycles. The van der Waals surface area contributed by atoms with Gasteiger partial charge in [-0.1, -0.05) is 23.7 Å². The molecule has 2 aromatic carbocycles. The van der Waals surface area contributed by atoms with Crippen molar-refractivity contribution in [3.8, 4) is 17.6 Å². The Bertz CT molecular complexity index is 751. The van der Waals surface area contributed by atoms with Crippen molar-refractivity contribution in [1.82, 2.24) is 0 Å². The van der Waals surface area contributed by atoms with E-state index in [1.54, 1.807) is 30.3 Å². The van der Waals surface area contributed by atoms with E-state index in [4.69, 9.17) is 11.6 Å². The number of nitrogens with zero attached hydrogens (tertiary/aromatic N) is 1. The van der Waals surface area contributed by atoms with E-state index >= 15 is 0 Å². The summed E-state index contributed by atoms with van der Waals surface area (Å²) in [5, 5.41) is 29.1. The molecule has 0 aromatic heterocycles. The fourth-order valence-corrected chi connectivity index (χ4v) is 3.29. The average Bonchev–Trinajstić information content (AvgIpc) is 2.81. The molecule has 0 spiro atoms. The minimum absolute atomic E-state index is 0.0446. The first-order valence-corrected chi connectivity index (χ1v) is 7.13. The van der Waals surface area contributed by atoms with Crippen LogP contribution in [0.2, 0.25) is 5.02 Å². The first-order chi connectivity index (χ1) is 10.0. The summed E-state index contributed by atoms with van der Waals surface area (Å²) < 4.78 is 0. The number of hydrogen-bond donors (Lipinski definition) is 2. The fourth-order valence-electron chi connectivity index (χ4n) is 3.08. The van der Waals surface area contributed by atoms with E-state index in [0.717, 1.165) is 29.5 Å². The Morgan fingerprint density at radius 1 is 1.19 bits per heavy atom. The Balaban J connectivity index is 2.00. The SMILES string of the molecule is N#CC1(Cc2ccc(O)c(Cl)c2)CCc2cc(O)ccc21. The second kappa shape index (κ2) is 4.98. The molecule has 4 heteroatoms. The number of rotatable bonds is 2. The lowest BCUT2D eigenvalue weighted by atomic mass is 9.78. The minimum Gasteiger partial charge on any atom is -0.508 e. The fraction of sp³-hybridized carbons (Fsp3) is 0.235. The summed E-state index contributed by atoms with van der Waals surface area (Å²) in [5.41, 5.74) is 2.33. The van der Waals surface area contributed by atoms with Crippen LogP contribution < -0.4 is 0 Å². The van der Waals surface area contributed by atoms with E-state index in [9.17, 15) is 15.5 Å². The Morgan fingerprint density at radius 2 is 2.00 bits per heavy atom. The monoisotopic (exact) mass is 299 g/mol. The lowest BCUT2D eigenvalue weighted by Crippen LogP contribution is -2.23. The molecule has 2 N–H and O–H groups in total. The molecule has 1 unspecified atom stereocenters. The molecule has 3 rings (SSSR count). The zero-order valence-electron chi connectivity index (χ0n) is 11.3. The van der Waals surface area contributed by atoms with Crippen LogP contribution in [0.5, 0.6) is 11.5 Å². The summed E-state index contributed by atoms with van der Waals surface area (Å²) in [6.45, 7) is 0. The number of nitriles is 1. The van der Waals surface area contributed by atoms with E-state index < -0.39 is 5.41 Å². The van der Waals surface area contributed by atoms with Crippen molar-refractivity contribution in [1.29, 1.82) is 5.26 Å². The van der Waals surface area contributed by atoms with Crippen molar-refractivity contribution >= 4 is 11.6 Å². The van der Waals surface area contributed by atoms with Gasteiger partial charge in [0, 0.05) is 0 Å². The van der Waals surface area contributed by atoms with E-state index in [2.05, 4.69) is 6.07 Å². The van der Waals surface area contributed by atoms with Gasteiger partial charge >= 0.3 is 0 Å². The highest BCUT2D eigenvalue weighted by Gasteiger charge is 2.39. The molecule has 0 amide bonds. The van der Waals surface area contributed by atoms with Gasteiger partial charge in [0.25, 0.3) is 0 Å². The maximum atomic E-state index is 9.72. The maximum Gasteiger partial charge on any atom is 0.134 e. The van der Waals surface area contributed by atoms with Crippen LogP contribution in [0.15, 0.2) is 36.4 Å². The van der Waals surface area contributed by atoms with Crippen molar-refractivity contribution in [3.05, 3.63) is 58.1 Å². The van der Waals surface area contributed by atoms with Gasteiger partial charge in [0.05, 0.1) is 16.5 Å². The summed E-state index contributed by atoms with van der Waals surface area (Å²) in [6, 6.07) is 12.7. The number of aromatic hydroxyl groups is 2. The number of benzene rings is 2. The van der Waals surface area contributed by atoms with Crippen LogP contribution in [0.3, 0.4) is 0 Å². The third kappa shape index (κ3) is 2.32. The molecule has 1 aliphatic carbocycles. The second-order valence-electron chi connectivity index (χ2n) is 5.50. The van der Waals surface area contributed by atoms with Gasteiger partial charge in [0.15, 0.2) is 0 Å². The van der Waals surface area contributed by atoms with E-state index in [-0.39, 0.29) is 11.5 Å². The van der Waals surface area contributed by atoms with Crippen molar-refractivity contribution in [3.63, 3.8) is 0 Å². The van der Waals surface area contributed by atoms with Gasteiger partial charge in [-0.2, -0.15) is 5.26 Å². The topological polar surface area (TPSA) is 64.2 Å². The van der Waals surface area contributed by atoms with Gasteiger partial charge in [0.1, 0.15) is 11.5 Å². The summed E-state index contributed by atoms with van der Waals surface area (Å²) in [6.07, 6.45) is 2.05. The number of phenolic OH excluding ortho intramolecular Hbond substituents is 2. The van der Waals surface area contributed by atoms with Gasteiger partial charge in [-0.15, -0.1) is 0 Å². The molecule has 1 atom stereocenters. The van der Waals surface area contributed by atoms with Crippen LogP contribution in [0.1, 0.15) is 23.1 Å². The Hall–Kier alpha value is -2.18. The van der Waals surface area contributed by atoms with Gasteiger partial charge in [-0.05, 0) is 60.2 Å². The number of fused-ring (bicyclic) bond motifs is 1. The van der Waals surface area contributed by atoms with Crippen molar-refractivity contribution < 1.29 is 10.2 Å². The molecule has 21 heavy (non-hydrogen) atoms. The highest BCUT2D eigenvalue weighted by atomic mass is 35.5. The summed E-state index contributed by atoms with van der Waals surface area (Å²) in [5.74, 6) is 0.276. The van der Waals surface area contributed by atoms with Crippen molar-refractivity contribution in [2.75, 3.05) is 0 Å². The van der Waals surface area contributed by atoms with Gasteiger partial charge in [-0.3, -0.25) is 0 Å². The van der Waals surface area contributed by atoms with E-state index in [0.29, 0.717) is 11.4 Å². The Morgan fingerprint density at radius 3 is 2.71 bits per heavy atom. The van der Waals surface area contributed by atoms with E-state index in [1.165, 1.54) is 0 Å². The third-order valence-corrected chi connectivity index (χ3v) is 4.46. The van der Waals surface area contributed by atoms with Gasteiger partial charge in [0.2, 0.25) is 0 Å². The lowest BCUT2D eigenvalue weighted by Gasteiger charge is -2.22. The molecule has 0 bridgehead atoms. The normalized spacial score (nSPS) is 20.0. The largest absolute Gasteiger partial charge is 0.508 e. The first-order valence-electron chi connectivity index (χ1n) is 6.75. The molecular weight excluding hydrogens is 286 g/mol. The zero-order chi connectivity index (χ0) is 15.0. The van der Waals surface area contributed by atoms with Crippen molar-refractivity contribution in [2.45, 2.75) is 24.7 Å². The van der Waals surface area contributed by atoms with Crippen LogP contribution in [-0.4, -0.2) is 10.2 Å².